The van der Waals surface area contributed by atoms with E-state index in [0.29, 0.717) is 6.42 Å². The summed E-state index contributed by atoms with van der Waals surface area (Å²) < 4.78 is 0. The molecule has 3 heteroatoms. The molecule has 0 spiro atoms. The van der Waals surface area contributed by atoms with Crippen LogP contribution in [0.1, 0.15) is 44.7 Å². The highest BCUT2D eigenvalue weighted by atomic mass is 16.1. The normalized spacial score (nSPS) is 14.1. The summed E-state index contributed by atoms with van der Waals surface area (Å²) in [6, 6.07) is 9.95. The lowest BCUT2D eigenvalue weighted by atomic mass is 10.1. The zero-order valence-corrected chi connectivity index (χ0v) is 10.6. The second kappa shape index (κ2) is 7.07. The number of hydrogen-bond donors (Lipinski definition) is 2. The van der Waals surface area contributed by atoms with Crippen LogP contribution in [0.5, 0.6) is 0 Å². The first-order chi connectivity index (χ1) is 8.13. The zero-order chi connectivity index (χ0) is 12.7. The van der Waals surface area contributed by atoms with Crippen LogP contribution < -0.4 is 11.1 Å². The van der Waals surface area contributed by atoms with Crippen molar-refractivity contribution in [3.63, 3.8) is 0 Å². The molecule has 0 heterocycles. The van der Waals surface area contributed by atoms with Crippen molar-refractivity contribution in [1.29, 1.82) is 0 Å². The van der Waals surface area contributed by atoms with Crippen LogP contribution in [0.2, 0.25) is 0 Å². The number of nitrogens with one attached hydrogen (secondary N) is 1. The summed E-state index contributed by atoms with van der Waals surface area (Å²) in [6.07, 6.45) is 2.32. The quantitative estimate of drug-likeness (QED) is 0.794. The Labute approximate surface area is 103 Å². The topological polar surface area (TPSA) is 55.1 Å². The molecule has 3 N–H and O–H groups in total. The van der Waals surface area contributed by atoms with E-state index in [0.717, 1.165) is 18.4 Å². The number of hydrogen-bond acceptors (Lipinski definition) is 2. The SMILES string of the molecule is CCCC(N)CC(=O)N[C@@H](C)c1ccccc1. The first kappa shape index (κ1) is 13.7. The summed E-state index contributed by atoms with van der Waals surface area (Å²) in [5, 5.41) is 2.97. The van der Waals surface area contributed by atoms with Crippen molar-refractivity contribution in [2.75, 3.05) is 0 Å². The molecule has 2 atom stereocenters. The van der Waals surface area contributed by atoms with E-state index >= 15 is 0 Å². The average molecular weight is 234 g/mol. The van der Waals surface area contributed by atoms with Crippen molar-refractivity contribution in [2.45, 2.75) is 45.2 Å². The highest BCUT2D eigenvalue weighted by Crippen LogP contribution is 2.11. The van der Waals surface area contributed by atoms with Gasteiger partial charge >= 0.3 is 0 Å². The van der Waals surface area contributed by atoms with Crippen molar-refractivity contribution < 1.29 is 4.79 Å². The van der Waals surface area contributed by atoms with E-state index in [9.17, 15) is 4.79 Å². The zero-order valence-electron chi connectivity index (χ0n) is 10.6. The molecule has 1 aromatic carbocycles. The van der Waals surface area contributed by atoms with E-state index in [1.807, 2.05) is 37.3 Å². The third kappa shape index (κ3) is 5.00. The van der Waals surface area contributed by atoms with Crippen LogP contribution in [0, 0.1) is 0 Å². The van der Waals surface area contributed by atoms with Gasteiger partial charge in [-0.05, 0) is 18.9 Å². The third-order valence-corrected chi connectivity index (χ3v) is 2.78. The molecular formula is C14H22N2O. The molecule has 0 fully saturated rings. The van der Waals surface area contributed by atoms with Crippen LogP contribution in [-0.2, 0) is 4.79 Å². The molecule has 0 radical (unpaired) electrons. The van der Waals surface area contributed by atoms with E-state index in [4.69, 9.17) is 5.73 Å². The fourth-order valence-electron chi connectivity index (χ4n) is 1.84. The van der Waals surface area contributed by atoms with Gasteiger partial charge in [0.2, 0.25) is 5.91 Å². The Morgan fingerprint density at radius 1 is 1.35 bits per heavy atom. The van der Waals surface area contributed by atoms with Crippen LogP contribution in [0.15, 0.2) is 30.3 Å². The fraction of sp³-hybridized carbons (Fsp3) is 0.500. The van der Waals surface area contributed by atoms with E-state index in [1.54, 1.807) is 0 Å². The van der Waals surface area contributed by atoms with Gasteiger partial charge in [-0.2, -0.15) is 0 Å². The first-order valence-corrected chi connectivity index (χ1v) is 6.23. The number of benzene rings is 1. The minimum absolute atomic E-state index is 0.0250. The molecule has 94 valence electrons. The van der Waals surface area contributed by atoms with Gasteiger partial charge in [0.05, 0.1) is 6.04 Å². The van der Waals surface area contributed by atoms with Gasteiger partial charge in [-0.3, -0.25) is 4.79 Å². The lowest BCUT2D eigenvalue weighted by molar-refractivity contribution is -0.122. The van der Waals surface area contributed by atoms with Gasteiger partial charge < -0.3 is 11.1 Å². The average Bonchev–Trinajstić information content (AvgIpc) is 2.30. The van der Waals surface area contributed by atoms with Crippen molar-refractivity contribution in [2.24, 2.45) is 5.73 Å². The summed E-state index contributed by atoms with van der Waals surface area (Å²) in [6.45, 7) is 4.06. The molecule has 0 aromatic heterocycles. The maximum atomic E-state index is 11.7. The van der Waals surface area contributed by atoms with Gasteiger partial charge in [-0.25, -0.2) is 0 Å². The largest absolute Gasteiger partial charge is 0.350 e. The number of carbonyl (C=O) groups is 1. The van der Waals surface area contributed by atoms with E-state index < -0.39 is 0 Å². The van der Waals surface area contributed by atoms with E-state index in [1.165, 1.54) is 0 Å². The summed E-state index contributed by atoms with van der Waals surface area (Å²) >= 11 is 0. The standard InChI is InChI=1S/C14H22N2O/c1-3-7-13(15)10-14(17)16-11(2)12-8-5-4-6-9-12/h4-6,8-9,11,13H,3,7,10,15H2,1-2H3,(H,16,17)/t11-,13?/m0/s1. The second-order valence-corrected chi connectivity index (χ2v) is 4.45. The maximum absolute atomic E-state index is 11.7. The molecule has 1 unspecified atom stereocenters. The molecule has 1 rings (SSSR count). The summed E-state index contributed by atoms with van der Waals surface area (Å²) in [7, 11) is 0. The molecule has 3 nitrogen and oxygen atoms in total. The summed E-state index contributed by atoms with van der Waals surface area (Å²) in [5.41, 5.74) is 6.95. The molecule has 0 aliphatic carbocycles. The van der Waals surface area contributed by atoms with Gasteiger partial charge in [0, 0.05) is 12.5 Å². The van der Waals surface area contributed by atoms with Crippen molar-refractivity contribution >= 4 is 5.91 Å². The predicted molar refractivity (Wildman–Crippen MR) is 70.5 cm³/mol. The highest BCUT2D eigenvalue weighted by molar-refractivity contribution is 5.77. The number of nitrogens with two attached hydrogens (primary N) is 1. The molecule has 1 aromatic rings. The minimum atomic E-state index is -0.0250. The van der Waals surface area contributed by atoms with Crippen molar-refractivity contribution in [3.05, 3.63) is 35.9 Å². The van der Waals surface area contributed by atoms with Crippen LogP contribution >= 0.6 is 0 Å². The Balaban J connectivity index is 2.41. The van der Waals surface area contributed by atoms with Crippen molar-refractivity contribution in [3.8, 4) is 0 Å². The summed E-state index contributed by atoms with van der Waals surface area (Å²) in [4.78, 5) is 11.7. The van der Waals surface area contributed by atoms with Gasteiger partial charge in [0.25, 0.3) is 0 Å². The van der Waals surface area contributed by atoms with Gasteiger partial charge in [0.15, 0.2) is 0 Å². The molecule has 0 aliphatic rings. The van der Waals surface area contributed by atoms with Crippen LogP contribution in [-0.4, -0.2) is 11.9 Å². The number of carbonyl (C=O) groups excluding carboxylic acids is 1. The molecule has 0 bridgehead atoms. The molecule has 0 saturated carbocycles. The van der Waals surface area contributed by atoms with Crippen LogP contribution in [0.25, 0.3) is 0 Å². The highest BCUT2D eigenvalue weighted by Gasteiger charge is 2.12. The Bertz CT molecular complexity index is 337. The monoisotopic (exact) mass is 234 g/mol. The third-order valence-electron chi connectivity index (χ3n) is 2.78. The molecule has 0 saturated heterocycles. The Morgan fingerprint density at radius 3 is 2.59 bits per heavy atom. The van der Waals surface area contributed by atoms with Gasteiger partial charge in [0.1, 0.15) is 0 Å². The molecule has 17 heavy (non-hydrogen) atoms. The van der Waals surface area contributed by atoms with Gasteiger partial charge in [-0.1, -0.05) is 43.7 Å². The smallest absolute Gasteiger partial charge is 0.222 e. The fourth-order valence-corrected chi connectivity index (χ4v) is 1.84. The van der Waals surface area contributed by atoms with Gasteiger partial charge in [-0.15, -0.1) is 0 Å². The first-order valence-electron chi connectivity index (χ1n) is 6.23. The maximum Gasteiger partial charge on any atom is 0.222 e. The Kier molecular flexibility index (Phi) is 5.70. The molecular weight excluding hydrogens is 212 g/mol. The molecule has 0 aliphatic heterocycles. The van der Waals surface area contributed by atoms with E-state index in [-0.39, 0.29) is 18.0 Å². The molecule has 1 amide bonds. The van der Waals surface area contributed by atoms with E-state index in [2.05, 4.69) is 12.2 Å². The minimum Gasteiger partial charge on any atom is -0.350 e. The van der Waals surface area contributed by atoms with Crippen molar-refractivity contribution in [1.82, 2.24) is 5.32 Å². The predicted octanol–water partition coefficient (Wildman–Crippen LogP) is 2.38. The lowest BCUT2D eigenvalue weighted by Crippen LogP contribution is -2.33. The lowest BCUT2D eigenvalue weighted by Gasteiger charge is -2.16. The number of amides is 1. The van der Waals surface area contributed by atoms with Crippen LogP contribution in [0.3, 0.4) is 0 Å². The Hall–Kier alpha value is -1.35. The second-order valence-electron chi connectivity index (χ2n) is 4.45. The summed E-state index contributed by atoms with van der Waals surface area (Å²) in [5.74, 6) is 0.0299. The Morgan fingerprint density at radius 2 is 2.00 bits per heavy atom. The number of rotatable bonds is 6. The van der Waals surface area contributed by atoms with Crippen LogP contribution in [0.4, 0.5) is 0 Å².